The topological polar surface area (TPSA) is 191 Å². The van der Waals surface area contributed by atoms with Gasteiger partial charge in [-0.15, -0.1) is 0 Å². The SMILES string of the molecule is COc1ccc([C@]2(OC)C[C@@H](OC(C)=O)[C@@H](N=[N+]=[N-])C([C@H](OC(C)=O)[C@@H](COC(C)=O)OC(C)=O)O2)cc1OC. The zero-order valence-corrected chi connectivity index (χ0v) is 23.3. The molecule has 0 bridgehead atoms. The summed E-state index contributed by atoms with van der Waals surface area (Å²) in [5.41, 5.74) is 9.76. The minimum atomic E-state index is -1.70. The van der Waals surface area contributed by atoms with Gasteiger partial charge < -0.3 is 37.9 Å². The number of hydrogen-bond acceptors (Lipinski definition) is 13. The maximum atomic E-state index is 12.2. The minimum absolute atomic E-state index is 0.173. The normalized spacial score (nSPS) is 23.4. The highest BCUT2D eigenvalue weighted by atomic mass is 16.7. The van der Waals surface area contributed by atoms with Crippen LogP contribution in [0, 0.1) is 0 Å². The second kappa shape index (κ2) is 14.4. The van der Waals surface area contributed by atoms with Crippen LogP contribution in [0.15, 0.2) is 23.3 Å². The maximum Gasteiger partial charge on any atom is 0.303 e. The highest BCUT2D eigenvalue weighted by molar-refractivity contribution is 5.68. The molecule has 0 spiro atoms. The van der Waals surface area contributed by atoms with Crippen LogP contribution in [0.25, 0.3) is 10.4 Å². The van der Waals surface area contributed by atoms with E-state index in [0.29, 0.717) is 17.1 Å². The lowest BCUT2D eigenvalue weighted by atomic mass is 9.86. The predicted octanol–water partition coefficient (Wildman–Crippen LogP) is 2.33. The molecule has 0 radical (unpaired) electrons. The van der Waals surface area contributed by atoms with Crippen LogP contribution >= 0.6 is 0 Å². The molecule has 40 heavy (non-hydrogen) atoms. The van der Waals surface area contributed by atoms with Gasteiger partial charge in [0, 0.05) is 51.7 Å². The highest BCUT2D eigenvalue weighted by Gasteiger charge is 2.55. The molecule has 1 aliphatic rings. The third kappa shape index (κ3) is 7.97. The van der Waals surface area contributed by atoms with E-state index in [-0.39, 0.29) is 6.42 Å². The summed E-state index contributed by atoms with van der Waals surface area (Å²) in [5.74, 6) is -4.00. The summed E-state index contributed by atoms with van der Waals surface area (Å²) in [6.07, 6.45) is -5.74. The number of esters is 4. The molecule has 1 saturated heterocycles. The van der Waals surface area contributed by atoms with Crippen molar-refractivity contribution >= 4 is 23.9 Å². The first-order valence-electron chi connectivity index (χ1n) is 12.1. The fourth-order valence-corrected chi connectivity index (χ4v) is 4.38. The molecular weight excluding hydrogens is 534 g/mol. The molecule has 1 unspecified atom stereocenters. The molecule has 1 aliphatic heterocycles. The zero-order chi connectivity index (χ0) is 30.0. The van der Waals surface area contributed by atoms with E-state index >= 15 is 0 Å². The van der Waals surface area contributed by atoms with Crippen molar-refractivity contribution in [1.29, 1.82) is 0 Å². The Kier molecular flexibility index (Phi) is 11.5. The van der Waals surface area contributed by atoms with Crippen molar-refractivity contribution in [2.24, 2.45) is 5.11 Å². The van der Waals surface area contributed by atoms with Crippen LogP contribution in [0.2, 0.25) is 0 Å². The second-order valence-corrected chi connectivity index (χ2v) is 8.68. The Balaban J connectivity index is 2.78. The number of benzene rings is 1. The van der Waals surface area contributed by atoms with Gasteiger partial charge in [0.25, 0.3) is 0 Å². The Morgan fingerprint density at radius 1 is 1.00 bits per heavy atom. The number of hydrogen-bond donors (Lipinski definition) is 0. The third-order valence-electron chi connectivity index (χ3n) is 5.93. The fraction of sp³-hybridized carbons (Fsp3) is 0.600. The molecule has 1 heterocycles. The molecular formula is C25H33N3O12. The van der Waals surface area contributed by atoms with Crippen molar-refractivity contribution in [3.63, 3.8) is 0 Å². The lowest BCUT2D eigenvalue weighted by Crippen LogP contribution is -2.61. The van der Waals surface area contributed by atoms with E-state index in [1.54, 1.807) is 18.2 Å². The molecule has 1 fully saturated rings. The van der Waals surface area contributed by atoms with Gasteiger partial charge in [-0.05, 0) is 23.7 Å². The molecule has 0 amide bonds. The average molecular weight is 568 g/mol. The van der Waals surface area contributed by atoms with Crippen molar-refractivity contribution < 1.29 is 57.1 Å². The maximum absolute atomic E-state index is 12.2. The van der Waals surface area contributed by atoms with Gasteiger partial charge in [0.1, 0.15) is 24.9 Å². The first-order chi connectivity index (χ1) is 18.9. The van der Waals surface area contributed by atoms with Crippen molar-refractivity contribution in [2.75, 3.05) is 27.9 Å². The molecule has 15 nitrogen and oxygen atoms in total. The van der Waals surface area contributed by atoms with E-state index in [1.165, 1.54) is 21.3 Å². The van der Waals surface area contributed by atoms with Crippen LogP contribution in [0.3, 0.4) is 0 Å². The lowest BCUT2D eigenvalue weighted by molar-refractivity contribution is -0.319. The van der Waals surface area contributed by atoms with Gasteiger partial charge in [0.05, 0.1) is 14.2 Å². The van der Waals surface area contributed by atoms with E-state index in [1.807, 2.05) is 0 Å². The first-order valence-corrected chi connectivity index (χ1v) is 12.1. The van der Waals surface area contributed by atoms with E-state index in [2.05, 4.69) is 10.0 Å². The number of rotatable bonds is 12. The van der Waals surface area contributed by atoms with Crippen LogP contribution in [-0.2, 0) is 53.4 Å². The summed E-state index contributed by atoms with van der Waals surface area (Å²) in [6, 6.07) is 3.47. The lowest BCUT2D eigenvalue weighted by Gasteiger charge is -2.48. The summed E-state index contributed by atoms with van der Waals surface area (Å²) < 4.78 is 44.4. The largest absolute Gasteiger partial charge is 0.493 e. The van der Waals surface area contributed by atoms with Crippen LogP contribution in [-0.4, -0.2) is 82.3 Å². The molecule has 0 aromatic heterocycles. The van der Waals surface area contributed by atoms with Crippen LogP contribution in [0.5, 0.6) is 11.5 Å². The molecule has 1 aromatic rings. The quantitative estimate of drug-likeness (QED) is 0.118. The molecule has 0 aliphatic carbocycles. The molecule has 2 rings (SSSR count). The molecule has 1 aromatic carbocycles. The van der Waals surface area contributed by atoms with Crippen molar-refractivity contribution in [2.45, 2.75) is 70.4 Å². The zero-order valence-electron chi connectivity index (χ0n) is 23.3. The monoisotopic (exact) mass is 567 g/mol. The Morgan fingerprint density at radius 3 is 2.15 bits per heavy atom. The summed E-state index contributed by atoms with van der Waals surface area (Å²) in [4.78, 5) is 50.7. The number of carbonyl (C=O) groups is 4. The summed E-state index contributed by atoms with van der Waals surface area (Å²) >= 11 is 0. The van der Waals surface area contributed by atoms with Gasteiger partial charge in [0.15, 0.2) is 29.5 Å². The van der Waals surface area contributed by atoms with Gasteiger partial charge in [-0.25, -0.2) is 0 Å². The first kappa shape index (κ1) is 32.1. The van der Waals surface area contributed by atoms with Gasteiger partial charge in [-0.2, -0.15) is 0 Å². The summed E-state index contributed by atoms with van der Waals surface area (Å²) in [5, 5.41) is 3.78. The van der Waals surface area contributed by atoms with Crippen LogP contribution in [0.1, 0.15) is 39.7 Å². The number of methoxy groups -OCH3 is 3. The Labute approximate surface area is 230 Å². The van der Waals surface area contributed by atoms with E-state index in [9.17, 15) is 24.7 Å². The molecule has 15 heteroatoms. The Morgan fingerprint density at radius 2 is 1.65 bits per heavy atom. The average Bonchev–Trinajstić information content (AvgIpc) is 2.89. The third-order valence-corrected chi connectivity index (χ3v) is 5.93. The Hall–Kier alpha value is -4.07. The number of carbonyl (C=O) groups excluding carboxylic acids is 4. The molecule has 6 atom stereocenters. The smallest absolute Gasteiger partial charge is 0.303 e. The van der Waals surface area contributed by atoms with Crippen LogP contribution in [0.4, 0.5) is 0 Å². The van der Waals surface area contributed by atoms with Gasteiger partial charge in [0.2, 0.25) is 0 Å². The standard InChI is InChI=1S/C25H33N3O12/c1-13(29)36-12-21(38-15(3)31)23(39-16(4)32)24-22(27-28-26)20(37-14(2)30)11-25(35-7,40-24)17-8-9-18(33-5)19(10-17)34-6/h8-10,20-24H,11-12H2,1-7H3/t20-,21-,22-,23-,24?,25+/m1/s1. The molecule has 0 saturated carbocycles. The number of nitrogens with zero attached hydrogens (tertiary/aromatic N) is 3. The summed E-state index contributed by atoms with van der Waals surface area (Å²) in [7, 11) is 4.22. The summed E-state index contributed by atoms with van der Waals surface area (Å²) in [6.45, 7) is 3.95. The minimum Gasteiger partial charge on any atom is -0.493 e. The van der Waals surface area contributed by atoms with Crippen LogP contribution < -0.4 is 9.47 Å². The predicted molar refractivity (Wildman–Crippen MR) is 134 cm³/mol. The van der Waals surface area contributed by atoms with Gasteiger partial charge >= 0.3 is 23.9 Å². The van der Waals surface area contributed by atoms with Crippen molar-refractivity contribution in [1.82, 2.24) is 0 Å². The van der Waals surface area contributed by atoms with Gasteiger partial charge in [-0.1, -0.05) is 5.11 Å². The number of ether oxygens (including phenoxy) is 8. The fourth-order valence-electron chi connectivity index (χ4n) is 4.38. The van der Waals surface area contributed by atoms with Crippen molar-refractivity contribution in [3.8, 4) is 11.5 Å². The van der Waals surface area contributed by atoms with E-state index < -0.39 is 66.7 Å². The highest BCUT2D eigenvalue weighted by Crippen LogP contribution is 2.45. The van der Waals surface area contributed by atoms with E-state index in [4.69, 9.17) is 37.9 Å². The number of azide groups is 1. The second-order valence-electron chi connectivity index (χ2n) is 8.68. The van der Waals surface area contributed by atoms with Gasteiger partial charge in [-0.3, -0.25) is 19.2 Å². The van der Waals surface area contributed by atoms with Crippen molar-refractivity contribution in [3.05, 3.63) is 34.2 Å². The molecule has 220 valence electrons. The Bertz CT molecular complexity index is 1140. The van der Waals surface area contributed by atoms with E-state index in [0.717, 1.165) is 27.7 Å². The molecule has 0 N–H and O–H groups in total.